The van der Waals surface area contributed by atoms with Gasteiger partial charge in [-0.15, -0.1) is 0 Å². The van der Waals surface area contributed by atoms with Crippen molar-refractivity contribution in [3.8, 4) is 0 Å². The van der Waals surface area contributed by atoms with E-state index in [-0.39, 0.29) is 17.8 Å². The van der Waals surface area contributed by atoms with Gasteiger partial charge in [-0.05, 0) is 67.8 Å². The van der Waals surface area contributed by atoms with E-state index in [4.69, 9.17) is 0 Å². The molecule has 0 saturated heterocycles. The molecule has 4 aliphatic carbocycles. The first-order valence-corrected chi connectivity index (χ1v) is 9.15. The van der Waals surface area contributed by atoms with Crippen molar-refractivity contribution < 1.29 is 14.6 Å². The summed E-state index contributed by atoms with van der Waals surface area (Å²) in [5.74, 6) is 0.313. The fourth-order valence-corrected chi connectivity index (χ4v) is 6.25. The van der Waals surface area contributed by atoms with Crippen LogP contribution < -0.4 is 0 Å². The van der Waals surface area contributed by atoms with Crippen LogP contribution in [0.2, 0.25) is 0 Å². The van der Waals surface area contributed by atoms with Crippen LogP contribution in [-0.2, 0) is 0 Å². The number of alkyl halides is 1. The van der Waals surface area contributed by atoms with Crippen LogP contribution in [0.15, 0.2) is 11.6 Å². The SMILES string of the molecule is CC12CC=C3CC4(F)CC(O)CCC4CC[C@]3(O)C1CCC2. The molecular weight excluding hydrogens is 279 g/mol. The average molecular weight is 308 g/mol. The second-order valence-electron chi connectivity index (χ2n) is 8.84. The summed E-state index contributed by atoms with van der Waals surface area (Å²) < 4.78 is 15.6. The lowest BCUT2D eigenvalue weighted by atomic mass is 9.60. The highest BCUT2D eigenvalue weighted by Gasteiger charge is 2.58. The molecule has 124 valence electrons. The van der Waals surface area contributed by atoms with Crippen LogP contribution >= 0.6 is 0 Å². The molecule has 22 heavy (non-hydrogen) atoms. The van der Waals surface area contributed by atoms with Crippen molar-refractivity contribution in [2.45, 2.75) is 88.5 Å². The molecular formula is C19H29FO2. The molecule has 2 N–H and O–H groups in total. The van der Waals surface area contributed by atoms with E-state index in [9.17, 15) is 10.2 Å². The zero-order chi connectivity index (χ0) is 15.6. The Hall–Kier alpha value is -0.410. The first kappa shape index (κ1) is 15.1. The van der Waals surface area contributed by atoms with Crippen LogP contribution in [-0.4, -0.2) is 27.6 Å². The van der Waals surface area contributed by atoms with Gasteiger partial charge in [0.15, 0.2) is 0 Å². The molecule has 0 spiro atoms. The quantitative estimate of drug-likeness (QED) is 0.666. The van der Waals surface area contributed by atoms with Crippen LogP contribution in [0.5, 0.6) is 0 Å². The number of fused-ring (bicyclic) bond motifs is 4. The van der Waals surface area contributed by atoms with Crippen molar-refractivity contribution in [1.82, 2.24) is 0 Å². The highest BCUT2D eigenvalue weighted by atomic mass is 19.1. The van der Waals surface area contributed by atoms with Crippen LogP contribution in [0.4, 0.5) is 4.39 Å². The second kappa shape index (κ2) is 4.80. The Morgan fingerprint density at radius 3 is 2.82 bits per heavy atom. The largest absolute Gasteiger partial charge is 0.393 e. The van der Waals surface area contributed by atoms with Crippen LogP contribution in [0, 0.1) is 17.3 Å². The Bertz CT molecular complexity index is 504. The summed E-state index contributed by atoms with van der Waals surface area (Å²) in [5.41, 5.74) is -0.932. The summed E-state index contributed by atoms with van der Waals surface area (Å²) in [6.45, 7) is 2.31. The summed E-state index contributed by atoms with van der Waals surface area (Å²) in [4.78, 5) is 0. The monoisotopic (exact) mass is 308 g/mol. The summed E-state index contributed by atoms with van der Waals surface area (Å²) in [7, 11) is 0. The minimum atomic E-state index is -1.31. The average Bonchev–Trinajstić information content (AvgIpc) is 2.80. The Kier molecular flexibility index (Phi) is 3.30. The maximum atomic E-state index is 15.6. The molecule has 2 nitrogen and oxygen atoms in total. The van der Waals surface area contributed by atoms with Gasteiger partial charge in [0.05, 0.1) is 11.7 Å². The third-order valence-corrected chi connectivity index (χ3v) is 7.54. The van der Waals surface area contributed by atoms with Gasteiger partial charge >= 0.3 is 0 Å². The van der Waals surface area contributed by atoms with E-state index in [2.05, 4.69) is 13.0 Å². The van der Waals surface area contributed by atoms with Gasteiger partial charge in [-0.25, -0.2) is 4.39 Å². The number of aliphatic hydroxyl groups is 2. The lowest BCUT2D eigenvalue weighted by molar-refractivity contribution is -0.0463. The number of hydrogen-bond donors (Lipinski definition) is 2. The molecule has 3 heteroatoms. The summed E-state index contributed by atoms with van der Waals surface area (Å²) in [5, 5.41) is 21.5. The molecule has 0 heterocycles. The predicted molar refractivity (Wildman–Crippen MR) is 84.1 cm³/mol. The van der Waals surface area contributed by atoms with Crippen molar-refractivity contribution in [3.63, 3.8) is 0 Å². The molecule has 3 fully saturated rings. The van der Waals surface area contributed by atoms with Gasteiger partial charge in [0.1, 0.15) is 5.67 Å². The van der Waals surface area contributed by atoms with E-state index < -0.39 is 17.4 Å². The van der Waals surface area contributed by atoms with E-state index in [1.165, 1.54) is 12.8 Å². The molecule has 0 aliphatic heterocycles. The molecule has 3 saturated carbocycles. The van der Waals surface area contributed by atoms with Crippen molar-refractivity contribution in [2.75, 3.05) is 0 Å². The highest BCUT2D eigenvalue weighted by molar-refractivity contribution is 5.30. The Morgan fingerprint density at radius 2 is 2.00 bits per heavy atom. The lowest BCUT2D eigenvalue weighted by Gasteiger charge is -2.48. The third-order valence-electron chi connectivity index (χ3n) is 7.54. The first-order chi connectivity index (χ1) is 10.4. The highest BCUT2D eigenvalue weighted by Crippen LogP contribution is 2.61. The number of allylic oxidation sites excluding steroid dienone is 1. The third kappa shape index (κ3) is 2.04. The molecule has 0 aromatic rings. The van der Waals surface area contributed by atoms with Crippen molar-refractivity contribution in [3.05, 3.63) is 11.6 Å². The summed E-state index contributed by atoms with van der Waals surface area (Å²) >= 11 is 0. The molecule has 6 atom stereocenters. The van der Waals surface area contributed by atoms with E-state index in [0.29, 0.717) is 18.8 Å². The van der Waals surface area contributed by atoms with Gasteiger partial charge in [0.2, 0.25) is 0 Å². The first-order valence-electron chi connectivity index (χ1n) is 9.15. The predicted octanol–water partition coefficient (Wildman–Crippen LogP) is 3.91. The van der Waals surface area contributed by atoms with E-state index in [1.54, 1.807) is 0 Å². The molecule has 0 aromatic carbocycles. The molecule has 5 unspecified atom stereocenters. The minimum absolute atomic E-state index is 0.0130. The smallest absolute Gasteiger partial charge is 0.120 e. The number of rotatable bonds is 0. The Labute approximate surface area is 132 Å². The molecule has 4 rings (SSSR count). The standard InChI is InChI=1S/C19H29FO2/c1-17-8-2-3-16(17)19(22)10-7-13-4-5-15(21)12-18(13,20)11-14(19)6-9-17/h6,13,15-16,21-22H,2-5,7-12H2,1H3/t13?,15?,16?,17?,18?,19-/m1/s1. The molecule has 0 radical (unpaired) electrons. The lowest BCUT2D eigenvalue weighted by Crippen LogP contribution is -2.48. The summed E-state index contributed by atoms with van der Waals surface area (Å²) in [6.07, 6.45) is 9.66. The van der Waals surface area contributed by atoms with Crippen molar-refractivity contribution in [1.29, 1.82) is 0 Å². The van der Waals surface area contributed by atoms with Gasteiger partial charge < -0.3 is 10.2 Å². The van der Waals surface area contributed by atoms with E-state index in [0.717, 1.165) is 37.7 Å². The minimum Gasteiger partial charge on any atom is -0.393 e. The molecule has 0 aromatic heterocycles. The maximum absolute atomic E-state index is 15.6. The van der Waals surface area contributed by atoms with Gasteiger partial charge in [0.25, 0.3) is 0 Å². The zero-order valence-electron chi connectivity index (χ0n) is 13.7. The number of aliphatic hydroxyl groups excluding tert-OH is 1. The Morgan fingerprint density at radius 1 is 1.18 bits per heavy atom. The van der Waals surface area contributed by atoms with Gasteiger partial charge in [-0.3, -0.25) is 0 Å². The molecule has 0 bridgehead atoms. The van der Waals surface area contributed by atoms with Crippen LogP contribution in [0.3, 0.4) is 0 Å². The number of hydrogen-bond acceptors (Lipinski definition) is 2. The molecule has 0 amide bonds. The van der Waals surface area contributed by atoms with Gasteiger partial charge in [0, 0.05) is 12.8 Å². The van der Waals surface area contributed by atoms with Crippen LogP contribution in [0.25, 0.3) is 0 Å². The van der Waals surface area contributed by atoms with Crippen LogP contribution in [0.1, 0.15) is 71.1 Å². The van der Waals surface area contributed by atoms with Crippen molar-refractivity contribution >= 4 is 0 Å². The number of halogens is 1. The maximum Gasteiger partial charge on any atom is 0.120 e. The second-order valence-corrected chi connectivity index (χ2v) is 8.84. The molecule has 4 aliphatic rings. The van der Waals surface area contributed by atoms with Crippen molar-refractivity contribution in [2.24, 2.45) is 17.3 Å². The van der Waals surface area contributed by atoms with Gasteiger partial charge in [-0.2, -0.15) is 0 Å². The fourth-order valence-electron chi connectivity index (χ4n) is 6.25. The normalized spacial score (nSPS) is 54.7. The fraction of sp³-hybridized carbons (Fsp3) is 0.895. The topological polar surface area (TPSA) is 40.5 Å². The summed E-state index contributed by atoms with van der Waals surface area (Å²) in [6, 6.07) is 0. The zero-order valence-corrected chi connectivity index (χ0v) is 13.7. The van der Waals surface area contributed by atoms with Gasteiger partial charge in [-0.1, -0.05) is 19.4 Å². The van der Waals surface area contributed by atoms with E-state index in [1.807, 2.05) is 0 Å². The van der Waals surface area contributed by atoms with E-state index >= 15 is 4.39 Å². The Balaban J connectivity index is 1.70.